The lowest BCUT2D eigenvalue weighted by atomic mass is 10.1. The van der Waals surface area contributed by atoms with Crippen LogP contribution in [-0.2, 0) is 9.53 Å². The van der Waals surface area contributed by atoms with Gasteiger partial charge in [-0.1, -0.05) is 25.1 Å². The zero-order valence-electron chi connectivity index (χ0n) is 14.7. The van der Waals surface area contributed by atoms with Crippen molar-refractivity contribution in [3.8, 4) is 11.5 Å². The number of carbonyl (C=O) groups excluding carboxylic acids is 2. The van der Waals surface area contributed by atoms with Crippen LogP contribution in [0.2, 0.25) is 0 Å². The molecule has 5 nitrogen and oxygen atoms in total. The molecule has 0 bridgehead atoms. The van der Waals surface area contributed by atoms with Gasteiger partial charge in [-0.25, -0.2) is 0 Å². The van der Waals surface area contributed by atoms with Crippen molar-refractivity contribution < 1.29 is 19.1 Å². The van der Waals surface area contributed by atoms with E-state index in [4.69, 9.17) is 9.47 Å². The molecule has 2 aromatic rings. The topological polar surface area (TPSA) is 64.6 Å². The van der Waals surface area contributed by atoms with E-state index in [1.807, 2.05) is 30.3 Å². The third kappa shape index (κ3) is 5.95. The van der Waals surface area contributed by atoms with Crippen LogP contribution in [0.1, 0.15) is 31.1 Å². The number of benzene rings is 2. The molecule has 2 aromatic carbocycles. The number of para-hydroxylation sites is 1. The molecule has 0 heterocycles. The first-order valence-corrected chi connectivity index (χ1v) is 8.27. The smallest absolute Gasteiger partial charge is 0.310 e. The van der Waals surface area contributed by atoms with Crippen LogP contribution in [0, 0.1) is 5.92 Å². The second-order valence-corrected chi connectivity index (χ2v) is 6.04. The number of nitrogens with one attached hydrogen (secondary N) is 1. The van der Waals surface area contributed by atoms with Crippen LogP contribution in [0.4, 0.5) is 0 Å². The minimum atomic E-state index is -0.396. The molecular weight excluding hydrogens is 318 g/mol. The number of rotatable bonds is 7. The molecule has 0 spiro atoms. The van der Waals surface area contributed by atoms with Gasteiger partial charge in [-0.15, -0.1) is 0 Å². The van der Waals surface area contributed by atoms with E-state index in [-0.39, 0.29) is 24.5 Å². The van der Waals surface area contributed by atoms with Crippen molar-refractivity contribution in [2.75, 3.05) is 6.54 Å². The highest BCUT2D eigenvalue weighted by Crippen LogP contribution is 2.21. The predicted octanol–water partition coefficient (Wildman–Crippen LogP) is 3.80. The van der Waals surface area contributed by atoms with Crippen molar-refractivity contribution in [2.45, 2.75) is 26.9 Å². The van der Waals surface area contributed by atoms with Crippen LogP contribution in [0.25, 0.3) is 0 Å². The Morgan fingerprint density at radius 1 is 0.920 bits per heavy atom. The molecule has 0 saturated carbocycles. The minimum Gasteiger partial charge on any atom is -0.463 e. The van der Waals surface area contributed by atoms with Crippen LogP contribution >= 0.6 is 0 Å². The highest BCUT2D eigenvalue weighted by molar-refractivity contribution is 5.94. The average molecular weight is 341 g/mol. The van der Waals surface area contributed by atoms with Crippen molar-refractivity contribution in [3.05, 3.63) is 60.2 Å². The van der Waals surface area contributed by atoms with Gasteiger partial charge >= 0.3 is 5.97 Å². The Balaban J connectivity index is 1.87. The Labute approximate surface area is 148 Å². The Morgan fingerprint density at radius 2 is 1.52 bits per heavy atom. The lowest BCUT2D eigenvalue weighted by Crippen LogP contribution is -2.33. The monoisotopic (exact) mass is 341 g/mol. The first-order valence-electron chi connectivity index (χ1n) is 8.27. The van der Waals surface area contributed by atoms with Crippen LogP contribution in [0.5, 0.6) is 11.5 Å². The van der Waals surface area contributed by atoms with Gasteiger partial charge in [-0.2, -0.15) is 0 Å². The molecule has 0 aromatic heterocycles. The molecule has 0 radical (unpaired) electrons. The molecule has 5 heteroatoms. The number of hydrogen-bond acceptors (Lipinski definition) is 4. The molecule has 1 atom stereocenters. The molecule has 132 valence electrons. The molecule has 0 aliphatic heterocycles. The van der Waals surface area contributed by atoms with Gasteiger partial charge in [0.25, 0.3) is 5.91 Å². The predicted molar refractivity (Wildman–Crippen MR) is 95.7 cm³/mol. The van der Waals surface area contributed by atoms with Crippen molar-refractivity contribution in [3.63, 3.8) is 0 Å². The van der Waals surface area contributed by atoms with E-state index in [1.165, 1.54) is 0 Å². The van der Waals surface area contributed by atoms with E-state index < -0.39 is 5.92 Å². The van der Waals surface area contributed by atoms with E-state index in [9.17, 15) is 9.59 Å². The third-order valence-corrected chi connectivity index (χ3v) is 3.42. The molecule has 0 fully saturated rings. The quantitative estimate of drug-likeness (QED) is 0.778. The fourth-order valence-electron chi connectivity index (χ4n) is 2.08. The van der Waals surface area contributed by atoms with E-state index in [1.54, 1.807) is 45.0 Å². The fraction of sp³-hybridized carbons (Fsp3) is 0.300. The molecule has 1 N–H and O–H groups in total. The van der Waals surface area contributed by atoms with Crippen LogP contribution in [-0.4, -0.2) is 24.5 Å². The highest BCUT2D eigenvalue weighted by Gasteiger charge is 2.17. The van der Waals surface area contributed by atoms with Gasteiger partial charge in [0.1, 0.15) is 11.5 Å². The first kappa shape index (κ1) is 18.5. The summed E-state index contributed by atoms with van der Waals surface area (Å²) in [5, 5.41) is 2.74. The van der Waals surface area contributed by atoms with Crippen molar-refractivity contribution in [1.29, 1.82) is 0 Å². The lowest BCUT2D eigenvalue weighted by Gasteiger charge is -2.14. The van der Waals surface area contributed by atoms with Gasteiger partial charge in [0, 0.05) is 12.1 Å². The summed E-state index contributed by atoms with van der Waals surface area (Å²) in [6.45, 7) is 5.54. The van der Waals surface area contributed by atoms with Crippen molar-refractivity contribution >= 4 is 11.9 Å². The van der Waals surface area contributed by atoms with Crippen molar-refractivity contribution in [1.82, 2.24) is 5.32 Å². The van der Waals surface area contributed by atoms with Gasteiger partial charge in [0.15, 0.2) is 0 Å². The maximum absolute atomic E-state index is 12.2. The largest absolute Gasteiger partial charge is 0.463 e. The summed E-state index contributed by atoms with van der Waals surface area (Å²) in [5.41, 5.74) is 0.504. The molecule has 25 heavy (non-hydrogen) atoms. The second-order valence-electron chi connectivity index (χ2n) is 6.04. The summed E-state index contributed by atoms with van der Waals surface area (Å²) in [5.74, 6) is 0.429. The maximum atomic E-state index is 12.2. The van der Waals surface area contributed by atoms with Crippen LogP contribution in [0.3, 0.4) is 0 Å². The molecule has 0 saturated heterocycles. The van der Waals surface area contributed by atoms with E-state index in [0.717, 1.165) is 5.75 Å². The van der Waals surface area contributed by atoms with Crippen LogP contribution < -0.4 is 10.1 Å². The standard InChI is InChI=1S/C20H23NO4/c1-14(2)24-20(23)15(3)13-21-19(22)16-9-11-18(12-10-16)25-17-7-5-4-6-8-17/h4-12,14-15H,13H2,1-3H3,(H,21,22). The Kier molecular flexibility index (Phi) is 6.57. The summed E-state index contributed by atoms with van der Waals surface area (Å²) < 4.78 is 10.8. The average Bonchev–Trinajstić information content (AvgIpc) is 2.60. The Morgan fingerprint density at radius 3 is 2.12 bits per heavy atom. The van der Waals surface area contributed by atoms with Gasteiger partial charge < -0.3 is 14.8 Å². The lowest BCUT2D eigenvalue weighted by molar-refractivity contribution is -0.151. The number of esters is 1. The zero-order chi connectivity index (χ0) is 18.2. The highest BCUT2D eigenvalue weighted by atomic mass is 16.5. The summed E-state index contributed by atoms with van der Waals surface area (Å²) in [6.07, 6.45) is -0.164. The van der Waals surface area contributed by atoms with Gasteiger partial charge in [0.05, 0.1) is 12.0 Å². The SMILES string of the molecule is CC(C)OC(=O)C(C)CNC(=O)c1ccc(Oc2ccccc2)cc1. The molecule has 2 rings (SSSR count). The molecular formula is C20H23NO4. The first-order chi connectivity index (χ1) is 12.0. The van der Waals surface area contributed by atoms with E-state index in [2.05, 4.69) is 5.32 Å². The zero-order valence-corrected chi connectivity index (χ0v) is 14.7. The fourth-order valence-corrected chi connectivity index (χ4v) is 2.08. The Bertz CT molecular complexity index is 695. The number of ether oxygens (including phenoxy) is 2. The molecule has 0 aliphatic rings. The molecule has 1 unspecified atom stereocenters. The normalized spacial score (nSPS) is 11.7. The minimum absolute atomic E-state index is 0.164. The number of carbonyl (C=O) groups is 2. The Hall–Kier alpha value is -2.82. The summed E-state index contributed by atoms with van der Waals surface area (Å²) >= 11 is 0. The number of amides is 1. The molecule has 1 amide bonds. The van der Waals surface area contributed by atoms with Gasteiger partial charge in [0.2, 0.25) is 0 Å². The summed E-state index contributed by atoms with van der Waals surface area (Å²) in [7, 11) is 0. The maximum Gasteiger partial charge on any atom is 0.310 e. The van der Waals surface area contributed by atoms with Gasteiger partial charge in [-0.3, -0.25) is 9.59 Å². The third-order valence-electron chi connectivity index (χ3n) is 3.42. The number of hydrogen-bond donors (Lipinski definition) is 1. The molecule has 0 aliphatic carbocycles. The van der Waals surface area contributed by atoms with E-state index in [0.29, 0.717) is 11.3 Å². The van der Waals surface area contributed by atoms with E-state index >= 15 is 0 Å². The van der Waals surface area contributed by atoms with Crippen LogP contribution in [0.15, 0.2) is 54.6 Å². The van der Waals surface area contributed by atoms with Gasteiger partial charge in [-0.05, 0) is 50.2 Å². The second kappa shape index (κ2) is 8.87. The summed E-state index contributed by atoms with van der Waals surface area (Å²) in [6, 6.07) is 16.3. The summed E-state index contributed by atoms with van der Waals surface area (Å²) in [4.78, 5) is 23.9. The van der Waals surface area contributed by atoms with Crippen molar-refractivity contribution in [2.24, 2.45) is 5.92 Å².